The highest BCUT2D eigenvalue weighted by atomic mass is 32.2. The van der Waals surface area contributed by atoms with Crippen molar-refractivity contribution in [2.45, 2.75) is 12.8 Å². The van der Waals surface area contributed by atoms with Gasteiger partial charge >= 0.3 is 5.69 Å². The summed E-state index contributed by atoms with van der Waals surface area (Å²) in [5, 5.41) is 19.4. The molecule has 0 saturated heterocycles. The molecular weight excluding hydrogens is 434 g/mol. The van der Waals surface area contributed by atoms with Crippen molar-refractivity contribution in [3.05, 3.63) is 76.6 Å². The lowest BCUT2D eigenvalue weighted by atomic mass is 10.0. The summed E-state index contributed by atoms with van der Waals surface area (Å²) in [5.41, 5.74) is 10.1. The average Bonchev–Trinajstić information content (AvgIpc) is 3.48. The van der Waals surface area contributed by atoms with Gasteiger partial charge in [-0.1, -0.05) is 48.2 Å². The van der Waals surface area contributed by atoms with Crippen molar-refractivity contribution in [1.29, 1.82) is 10.7 Å². The number of amidine groups is 1. The van der Waals surface area contributed by atoms with Crippen LogP contribution in [0.25, 0.3) is 38.8 Å². The van der Waals surface area contributed by atoms with Crippen molar-refractivity contribution in [3.63, 3.8) is 0 Å². The molecule has 8 nitrogen and oxygen atoms in total. The number of fused-ring (bicyclic) bond motifs is 2. The van der Waals surface area contributed by atoms with Crippen molar-refractivity contribution in [3.8, 4) is 23.0 Å². The van der Waals surface area contributed by atoms with Gasteiger partial charge in [0.25, 0.3) is 0 Å². The standard InChI is InChI=1S/C24H21N7OS/c25-12-19-22(30-24(32)31(19)20-13-28-16-8-3-1-6-14(16)20)21-15-7-2-4-9-17(15)29-18(21)10-5-11-33-23(26)27/h1-4,6-9,13,28-29H,5,10-11H2,(H3,26,27)(H,30,32). The highest BCUT2D eigenvalue weighted by Gasteiger charge is 2.23. The van der Waals surface area contributed by atoms with E-state index in [9.17, 15) is 10.1 Å². The maximum Gasteiger partial charge on any atom is 0.331 e. The first-order valence-electron chi connectivity index (χ1n) is 10.5. The number of nitrogens with one attached hydrogen (secondary N) is 4. The van der Waals surface area contributed by atoms with Crippen LogP contribution in [0.3, 0.4) is 0 Å². The third kappa shape index (κ3) is 3.60. The number of rotatable bonds is 6. The average molecular weight is 456 g/mol. The lowest BCUT2D eigenvalue weighted by Gasteiger charge is -2.05. The Hall–Kier alpha value is -4.16. The molecule has 0 fully saturated rings. The van der Waals surface area contributed by atoms with Crippen molar-refractivity contribution in [2.24, 2.45) is 5.73 Å². The van der Waals surface area contributed by atoms with E-state index in [2.05, 4.69) is 21.0 Å². The number of nitrogens with zero attached hydrogens (tertiary/aromatic N) is 2. The molecule has 0 unspecified atom stereocenters. The van der Waals surface area contributed by atoms with Crippen LogP contribution in [0.15, 0.2) is 59.5 Å². The van der Waals surface area contributed by atoms with Crippen LogP contribution in [-0.2, 0) is 6.42 Å². The van der Waals surface area contributed by atoms with Gasteiger partial charge in [-0.15, -0.1) is 0 Å². The van der Waals surface area contributed by atoms with E-state index in [4.69, 9.17) is 11.1 Å². The van der Waals surface area contributed by atoms with Gasteiger partial charge in [0.05, 0.1) is 11.4 Å². The number of nitrogens with two attached hydrogens (primary N) is 1. The Morgan fingerprint density at radius 2 is 1.82 bits per heavy atom. The summed E-state index contributed by atoms with van der Waals surface area (Å²) in [5.74, 6) is 0.710. The summed E-state index contributed by atoms with van der Waals surface area (Å²) in [6, 6.07) is 17.8. The quantitative estimate of drug-likeness (QED) is 0.148. The lowest BCUT2D eigenvalue weighted by Crippen LogP contribution is -2.15. The second kappa shape index (κ2) is 8.41. The molecule has 0 spiro atoms. The molecule has 0 saturated carbocycles. The minimum atomic E-state index is -0.366. The molecule has 0 aliphatic heterocycles. The number of thioether (sulfide) groups is 1. The molecule has 3 heterocycles. The molecule has 0 atom stereocenters. The molecule has 0 radical (unpaired) electrons. The maximum atomic E-state index is 13.1. The zero-order valence-electron chi connectivity index (χ0n) is 17.6. The van der Waals surface area contributed by atoms with Crippen LogP contribution in [0.4, 0.5) is 0 Å². The smallest absolute Gasteiger partial charge is 0.331 e. The number of hydrogen-bond donors (Lipinski definition) is 5. The van der Waals surface area contributed by atoms with Gasteiger partial charge in [0.1, 0.15) is 6.07 Å². The molecule has 33 heavy (non-hydrogen) atoms. The molecule has 3 aromatic heterocycles. The Morgan fingerprint density at radius 1 is 1.09 bits per heavy atom. The predicted molar refractivity (Wildman–Crippen MR) is 133 cm³/mol. The maximum absolute atomic E-state index is 13.1. The summed E-state index contributed by atoms with van der Waals surface area (Å²) in [4.78, 5) is 22.7. The minimum Gasteiger partial charge on any atom is -0.379 e. The summed E-state index contributed by atoms with van der Waals surface area (Å²) < 4.78 is 1.44. The Labute approximate surface area is 192 Å². The molecule has 5 rings (SSSR count). The second-order valence-corrected chi connectivity index (χ2v) is 8.80. The molecule has 0 bridgehead atoms. The molecule has 2 aromatic carbocycles. The summed E-state index contributed by atoms with van der Waals surface area (Å²) in [6.07, 6.45) is 3.23. The van der Waals surface area contributed by atoms with Gasteiger partial charge in [-0.2, -0.15) is 5.26 Å². The van der Waals surface area contributed by atoms with E-state index in [1.807, 2.05) is 48.5 Å². The van der Waals surface area contributed by atoms with E-state index in [0.29, 0.717) is 23.6 Å². The van der Waals surface area contributed by atoms with E-state index in [-0.39, 0.29) is 16.6 Å². The van der Waals surface area contributed by atoms with Crippen LogP contribution in [0, 0.1) is 16.7 Å². The molecule has 0 aliphatic rings. The third-order valence-electron chi connectivity index (χ3n) is 5.67. The van der Waals surface area contributed by atoms with Crippen LogP contribution in [-0.4, -0.2) is 30.4 Å². The number of aromatic amines is 3. The normalized spacial score (nSPS) is 11.2. The number of imidazole rings is 1. The van der Waals surface area contributed by atoms with E-state index in [0.717, 1.165) is 39.5 Å². The monoisotopic (exact) mass is 455 g/mol. The van der Waals surface area contributed by atoms with Crippen LogP contribution in [0.5, 0.6) is 0 Å². The number of nitriles is 1. The van der Waals surface area contributed by atoms with Crippen molar-refractivity contribution < 1.29 is 0 Å². The fourth-order valence-electron chi connectivity index (χ4n) is 4.30. The first-order valence-corrected chi connectivity index (χ1v) is 11.5. The molecule has 5 aromatic rings. The SMILES string of the molecule is N#Cc1c(-c2c(CCCSC(=N)N)[nH]c3ccccc23)[nH]c(=O)n1-c1c[nH]c2ccccc12. The van der Waals surface area contributed by atoms with Gasteiger partial charge in [-0.05, 0) is 25.0 Å². The summed E-state index contributed by atoms with van der Waals surface area (Å²) in [7, 11) is 0. The number of aromatic nitrogens is 4. The molecule has 6 N–H and O–H groups in total. The largest absolute Gasteiger partial charge is 0.379 e. The van der Waals surface area contributed by atoms with E-state index >= 15 is 0 Å². The predicted octanol–water partition coefficient (Wildman–Crippen LogP) is 4.23. The van der Waals surface area contributed by atoms with Crippen molar-refractivity contribution >= 4 is 38.7 Å². The molecular formula is C24H21N7OS. The first kappa shape index (κ1) is 20.7. The van der Waals surface area contributed by atoms with Crippen molar-refractivity contribution in [1.82, 2.24) is 19.5 Å². The molecule has 164 valence electrons. The summed E-state index contributed by atoms with van der Waals surface area (Å²) >= 11 is 1.30. The van der Waals surface area contributed by atoms with Crippen LogP contribution in [0.2, 0.25) is 0 Å². The highest BCUT2D eigenvalue weighted by molar-refractivity contribution is 8.13. The fraction of sp³-hybridized carbons (Fsp3) is 0.125. The van der Waals surface area contributed by atoms with Gasteiger partial charge < -0.3 is 20.7 Å². The van der Waals surface area contributed by atoms with E-state index in [1.165, 1.54) is 16.3 Å². The van der Waals surface area contributed by atoms with E-state index in [1.54, 1.807) is 6.20 Å². The van der Waals surface area contributed by atoms with Gasteiger partial charge in [-0.25, -0.2) is 9.36 Å². The topological polar surface area (TPSA) is 143 Å². The van der Waals surface area contributed by atoms with E-state index < -0.39 is 0 Å². The van der Waals surface area contributed by atoms with Crippen LogP contribution in [0.1, 0.15) is 17.8 Å². The number of benzene rings is 2. The minimum absolute atomic E-state index is 0.0961. The number of aryl methyl sites for hydroxylation is 1. The second-order valence-electron chi connectivity index (χ2n) is 7.66. The number of para-hydroxylation sites is 2. The molecule has 0 aliphatic carbocycles. The number of H-pyrrole nitrogens is 3. The molecule has 9 heteroatoms. The Bertz CT molecular complexity index is 1590. The Kier molecular flexibility index (Phi) is 5.28. The van der Waals surface area contributed by atoms with Gasteiger partial charge in [0, 0.05) is 45.0 Å². The third-order valence-corrected chi connectivity index (χ3v) is 6.48. The van der Waals surface area contributed by atoms with Crippen LogP contribution >= 0.6 is 11.8 Å². The Balaban J connectivity index is 1.67. The van der Waals surface area contributed by atoms with Gasteiger partial charge in [0.15, 0.2) is 10.9 Å². The van der Waals surface area contributed by atoms with Crippen molar-refractivity contribution in [2.75, 3.05) is 5.75 Å². The van der Waals surface area contributed by atoms with Crippen LogP contribution < -0.4 is 11.4 Å². The fourth-order valence-corrected chi connectivity index (χ4v) is 4.80. The zero-order valence-corrected chi connectivity index (χ0v) is 18.4. The first-order chi connectivity index (χ1) is 16.1. The zero-order chi connectivity index (χ0) is 22.9. The van der Waals surface area contributed by atoms with Gasteiger partial charge in [0.2, 0.25) is 0 Å². The summed E-state index contributed by atoms with van der Waals surface area (Å²) in [6.45, 7) is 0. The number of hydrogen-bond acceptors (Lipinski definition) is 4. The molecule has 0 amide bonds. The Morgan fingerprint density at radius 3 is 2.58 bits per heavy atom. The lowest BCUT2D eigenvalue weighted by molar-refractivity contribution is 0.908. The van der Waals surface area contributed by atoms with Gasteiger partial charge in [-0.3, -0.25) is 5.41 Å². The highest BCUT2D eigenvalue weighted by Crippen LogP contribution is 2.35.